The first-order chi connectivity index (χ1) is 5.83. The van der Waals surface area contributed by atoms with Crippen LogP contribution in [0, 0.1) is 0 Å². The summed E-state index contributed by atoms with van der Waals surface area (Å²) in [7, 11) is 0. The third-order valence-corrected chi connectivity index (χ3v) is 2.47. The molecule has 0 atom stereocenters. The maximum absolute atomic E-state index is 7.97. The fourth-order valence-electron chi connectivity index (χ4n) is 0.594. The van der Waals surface area contributed by atoms with E-state index in [9.17, 15) is 0 Å². The van der Waals surface area contributed by atoms with Gasteiger partial charge in [-0.15, -0.1) is 11.3 Å². The molecular weight excluding hydrogens is 240 g/mol. The molecular formula is C6H5BrN4S. The molecule has 1 heterocycles. The lowest BCUT2D eigenvalue weighted by Gasteiger charge is -1.78. The number of thiazole rings is 1. The number of azide groups is 1. The Morgan fingerprint density at radius 3 is 3.25 bits per heavy atom. The Morgan fingerprint density at radius 2 is 2.67 bits per heavy atom. The van der Waals surface area contributed by atoms with E-state index in [0.717, 1.165) is 8.79 Å². The second-order valence-electron chi connectivity index (χ2n) is 1.83. The van der Waals surface area contributed by atoms with Gasteiger partial charge >= 0.3 is 0 Å². The van der Waals surface area contributed by atoms with Crippen LogP contribution in [-0.4, -0.2) is 11.5 Å². The second kappa shape index (κ2) is 4.92. The predicted octanol–water partition coefficient (Wildman–Crippen LogP) is 3.23. The minimum absolute atomic E-state index is 0.381. The Balaban J connectivity index is 2.51. The minimum Gasteiger partial charge on any atom is -0.237 e. The predicted molar refractivity (Wildman–Crippen MR) is 52.9 cm³/mol. The molecule has 12 heavy (non-hydrogen) atoms. The van der Waals surface area contributed by atoms with Crippen LogP contribution in [0.2, 0.25) is 0 Å². The normalized spacial score (nSPS) is 10.1. The van der Waals surface area contributed by atoms with Crippen molar-refractivity contribution in [3.05, 3.63) is 31.5 Å². The molecule has 6 heteroatoms. The van der Waals surface area contributed by atoms with E-state index in [1.165, 1.54) is 11.3 Å². The highest BCUT2D eigenvalue weighted by atomic mass is 79.9. The molecule has 0 saturated carbocycles. The van der Waals surface area contributed by atoms with E-state index in [1.807, 2.05) is 6.08 Å². The minimum atomic E-state index is 0.381. The smallest absolute Gasteiger partial charge is 0.159 e. The van der Waals surface area contributed by atoms with Crippen LogP contribution in [0.1, 0.15) is 4.88 Å². The lowest BCUT2D eigenvalue weighted by molar-refractivity contribution is 1.22. The van der Waals surface area contributed by atoms with Crippen molar-refractivity contribution in [1.82, 2.24) is 4.98 Å². The zero-order valence-electron chi connectivity index (χ0n) is 6.01. The molecule has 1 aromatic rings. The molecule has 62 valence electrons. The van der Waals surface area contributed by atoms with Gasteiger partial charge in [0.05, 0.1) is 0 Å². The van der Waals surface area contributed by atoms with Crippen molar-refractivity contribution in [1.29, 1.82) is 0 Å². The quantitative estimate of drug-likeness (QED) is 0.458. The van der Waals surface area contributed by atoms with E-state index in [1.54, 1.807) is 12.3 Å². The molecule has 1 aromatic heterocycles. The van der Waals surface area contributed by atoms with Gasteiger partial charge in [-0.1, -0.05) is 11.2 Å². The summed E-state index contributed by atoms with van der Waals surface area (Å²) in [5.41, 5.74) is 7.97. The molecule has 0 aliphatic heterocycles. The van der Waals surface area contributed by atoms with Gasteiger partial charge in [-0.05, 0) is 27.5 Å². The van der Waals surface area contributed by atoms with Gasteiger partial charge in [-0.2, -0.15) is 0 Å². The van der Waals surface area contributed by atoms with Crippen LogP contribution in [0.15, 0.2) is 21.3 Å². The zero-order valence-corrected chi connectivity index (χ0v) is 8.42. The van der Waals surface area contributed by atoms with Gasteiger partial charge in [0.1, 0.15) is 0 Å². The van der Waals surface area contributed by atoms with Crippen LogP contribution in [0.4, 0.5) is 0 Å². The van der Waals surface area contributed by atoms with E-state index < -0.39 is 0 Å². The standard InChI is InChI=1S/C6H5BrN4S/c7-6-9-4-5(12-6)2-1-3-10-11-8/h1-2,4H,3H2/b2-1+. The van der Waals surface area contributed by atoms with Crippen LogP contribution in [0.3, 0.4) is 0 Å². The summed E-state index contributed by atoms with van der Waals surface area (Å²) in [6.07, 6.45) is 5.41. The number of aromatic nitrogens is 1. The van der Waals surface area contributed by atoms with Crippen LogP contribution >= 0.6 is 27.3 Å². The molecule has 0 fully saturated rings. The third-order valence-electron chi connectivity index (χ3n) is 1.03. The fraction of sp³-hybridized carbons (Fsp3) is 0.167. The summed E-state index contributed by atoms with van der Waals surface area (Å²) in [4.78, 5) is 7.66. The van der Waals surface area contributed by atoms with Gasteiger partial charge < -0.3 is 0 Å². The van der Waals surface area contributed by atoms with Crippen molar-refractivity contribution in [3.8, 4) is 0 Å². The molecule has 0 radical (unpaired) electrons. The van der Waals surface area contributed by atoms with Crippen molar-refractivity contribution in [2.75, 3.05) is 6.54 Å². The average Bonchev–Trinajstić information content (AvgIpc) is 2.45. The highest BCUT2D eigenvalue weighted by Crippen LogP contribution is 2.19. The summed E-state index contributed by atoms with van der Waals surface area (Å²) < 4.78 is 0.853. The number of rotatable bonds is 3. The van der Waals surface area contributed by atoms with Crippen LogP contribution in [0.5, 0.6) is 0 Å². The SMILES string of the molecule is [N-]=[N+]=NC/C=C/c1cnc(Br)s1. The number of hydrogen-bond acceptors (Lipinski definition) is 3. The zero-order chi connectivity index (χ0) is 8.81. The van der Waals surface area contributed by atoms with E-state index in [2.05, 4.69) is 30.9 Å². The molecule has 0 unspecified atom stereocenters. The van der Waals surface area contributed by atoms with E-state index >= 15 is 0 Å². The average molecular weight is 245 g/mol. The van der Waals surface area contributed by atoms with Gasteiger partial charge in [-0.3, -0.25) is 0 Å². The van der Waals surface area contributed by atoms with E-state index in [0.29, 0.717) is 6.54 Å². The molecule has 0 aromatic carbocycles. The summed E-state index contributed by atoms with van der Waals surface area (Å²) in [6.45, 7) is 0.381. The Kier molecular flexibility index (Phi) is 3.79. The maximum atomic E-state index is 7.97. The molecule has 0 aliphatic rings. The van der Waals surface area contributed by atoms with Gasteiger partial charge in [0.2, 0.25) is 0 Å². The molecule has 0 amide bonds. The summed E-state index contributed by atoms with van der Waals surface area (Å²) in [6, 6.07) is 0. The molecule has 0 bridgehead atoms. The van der Waals surface area contributed by atoms with Gasteiger partial charge in [0, 0.05) is 22.5 Å². The maximum Gasteiger partial charge on any atom is 0.159 e. The highest BCUT2D eigenvalue weighted by molar-refractivity contribution is 9.11. The number of halogens is 1. The van der Waals surface area contributed by atoms with Gasteiger partial charge in [0.25, 0.3) is 0 Å². The van der Waals surface area contributed by atoms with Gasteiger partial charge in [0.15, 0.2) is 3.92 Å². The largest absolute Gasteiger partial charge is 0.237 e. The molecule has 0 N–H and O–H groups in total. The third kappa shape index (κ3) is 3.04. The summed E-state index contributed by atoms with van der Waals surface area (Å²) in [5.74, 6) is 0. The van der Waals surface area contributed by atoms with Crippen molar-refractivity contribution < 1.29 is 0 Å². The van der Waals surface area contributed by atoms with Crippen molar-refractivity contribution in [3.63, 3.8) is 0 Å². The van der Waals surface area contributed by atoms with Crippen molar-refractivity contribution in [2.24, 2.45) is 5.11 Å². The second-order valence-corrected chi connectivity index (χ2v) is 4.17. The number of hydrogen-bond donors (Lipinski definition) is 0. The highest BCUT2D eigenvalue weighted by Gasteiger charge is 1.92. The van der Waals surface area contributed by atoms with Crippen LogP contribution in [-0.2, 0) is 0 Å². The Hall–Kier alpha value is -0.840. The van der Waals surface area contributed by atoms with Gasteiger partial charge in [-0.25, -0.2) is 4.98 Å². The van der Waals surface area contributed by atoms with E-state index in [4.69, 9.17) is 5.53 Å². The first-order valence-corrected chi connectivity index (χ1v) is 4.72. The number of nitrogens with zero attached hydrogens (tertiary/aromatic N) is 4. The lowest BCUT2D eigenvalue weighted by atomic mass is 10.4. The lowest BCUT2D eigenvalue weighted by Crippen LogP contribution is -1.65. The Bertz CT molecular complexity index is 326. The molecule has 4 nitrogen and oxygen atoms in total. The Labute approximate surface area is 81.7 Å². The van der Waals surface area contributed by atoms with Crippen molar-refractivity contribution >= 4 is 33.3 Å². The first-order valence-electron chi connectivity index (χ1n) is 3.11. The Morgan fingerprint density at radius 1 is 1.83 bits per heavy atom. The molecule has 0 saturated heterocycles. The van der Waals surface area contributed by atoms with Crippen LogP contribution in [0.25, 0.3) is 16.5 Å². The molecule has 0 spiro atoms. The monoisotopic (exact) mass is 244 g/mol. The molecule has 1 rings (SSSR count). The summed E-state index contributed by atoms with van der Waals surface area (Å²) >= 11 is 4.78. The molecule has 0 aliphatic carbocycles. The fourth-order valence-corrected chi connectivity index (χ4v) is 1.83. The van der Waals surface area contributed by atoms with E-state index in [-0.39, 0.29) is 0 Å². The first kappa shape index (κ1) is 9.25. The topological polar surface area (TPSA) is 61.7 Å². The van der Waals surface area contributed by atoms with Crippen LogP contribution < -0.4 is 0 Å². The van der Waals surface area contributed by atoms with Crippen molar-refractivity contribution in [2.45, 2.75) is 0 Å². The summed E-state index contributed by atoms with van der Waals surface area (Å²) in [5, 5.41) is 3.36.